The van der Waals surface area contributed by atoms with E-state index in [0.717, 1.165) is 16.9 Å². The summed E-state index contributed by atoms with van der Waals surface area (Å²) >= 11 is 1.37. The van der Waals surface area contributed by atoms with Gasteiger partial charge in [-0.1, -0.05) is 30.0 Å². The third-order valence-corrected chi connectivity index (χ3v) is 4.50. The normalized spacial score (nSPS) is 11.1. The lowest BCUT2D eigenvalue weighted by Gasteiger charge is -2.01. The maximum atomic E-state index is 6.09. The summed E-state index contributed by atoms with van der Waals surface area (Å²) in [7, 11) is 0. The number of thioether (sulfide) groups is 1. The number of benzene rings is 1. The van der Waals surface area contributed by atoms with Crippen LogP contribution in [0.15, 0.2) is 56.7 Å². The second-order valence-corrected chi connectivity index (χ2v) is 6.16. The van der Waals surface area contributed by atoms with E-state index in [1.54, 1.807) is 12.3 Å². The van der Waals surface area contributed by atoms with Crippen molar-refractivity contribution in [3.05, 3.63) is 54.3 Å². The Morgan fingerprint density at radius 3 is 2.68 bits per heavy atom. The van der Waals surface area contributed by atoms with Crippen LogP contribution in [0, 0.1) is 6.92 Å². The summed E-state index contributed by atoms with van der Waals surface area (Å²) in [5.41, 5.74) is 1.69. The molecule has 0 amide bonds. The number of rotatable bonds is 5. The fourth-order valence-electron chi connectivity index (χ4n) is 2.31. The first-order chi connectivity index (χ1) is 12.2. The molecule has 0 saturated carbocycles. The Kier molecular flexibility index (Phi) is 3.98. The summed E-state index contributed by atoms with van der Waals surface area (Å²) in [6.45, 7) is 1.85. The van der Waals surface area contributed by atoms with Crippen molar-refractivity contribution in [2.45, 2.75) is 17.8 Å². The lowest BCUT2D eigenvalue weighted by atomic mass is 10.2. The second kappa shape index (κ2) is 6.44. The number of aryl methyl sites for hydroxylation is 1. The molecule has 3 aromatic heterocycles. The molecule has 0 bridgehead atoms. The van der Waals surface area contributed by atoms with Crippen LogP contribution < -0.4 is 5.84 Å². The molecule has 25 heavy (non-hydrogen) atoms. The van der Waals surface area contributed by atoms with Crippen LogP contribution in [-0.2, 0) is 5.75 Å². The van der Waals surface area contributed by atoms with Gasteiger partial charge in [-0.2, -0.15) is 0 Å². The maximum absolute atomic E-state index is 6.09. The van der Waals surface area contributed by atoms with Crippen molar-refractivity contribution in [3.63, 3.8) is 0 Å². The maximum Gasteiger partial charge on any atom is 0.247 e. The third kappa shape index (κ3) is 3.01. The monoisotopic (exact) mass is 354 g/mol. The van der Waals surface area contributed by atoms with E-state index in [4.69, 9.17) is 14.7 Å². The van der Waals surface area contributed by atoms with Crippen molar-refractivity contribution >= 4 is 11.8 Å². The highest BCUT2D eigenvalue weighted by Crippen LogP contribution is 2.27. The number of nitrogen functional groups attached to an aromatic ring is 1. The zero-order valence-corrected chi connectivity index (χ0v) is 14.1. The predicted molar refractivity (Wildman–Crippen MR) is 91.9 cm³/mol. The molecule has 0 fully saturated rings. The molecule has 126 valence electrons. The van der Waals surface area contributed by atoms with E-state index in [-0.39, 0.29) is 0 Å². The van der Waals surface area contributed by atoms with Crippen LogP contribution in [0.2, 0.25) is 0 Å². The molecule has 0 radical (unpaired) electrons. The summed E-state index contributed by atoms with van der Waals surface area (Å²) in [4.78, 5) is 0. The van der Waals surface area contributed by atoms with Crippen LogP contribution in [-0.4, -0.2) is 25.1 Å². The van der Waals surface area contributed by atoms with Gasteiger partial charge in [0.15, 0.2) is 5.82 Å². The Bertz CT molecular complexity index is 991. The quantitative estimate of drug-likeness (QED) is 0.430. The van der Waals surface area contributed by atoms with E-state index < -0.39 is 0 Å². The highest BCUT2D eigenvalue weighted by molar-refractivity contribution is 7.98. The van der Waals surface area contributed by atoms with Gasteiger partial charge in [-0.05, 0) is 25.1 Å². The van der Waals surface area contributed by atoms with E-state index in [1.165, 1.54) is 16.4 Å². The van der Waals surface area contributed by atoms with Crippen molar-refractivity contribution in [1.82, 2.24) is 25.1 Å². The molecule has 0 aliphatic heterocycles. The first-order valence-corrected chi connectivity index (χ1v) is 8.46. The SMILES string of the molecule is Cc1occc1-c1nnc(SCc2nnc(-c3ccccc3)o2)n1N. The van der Waals surface area contributed by atoms with Gasteiger partial charge in [0, 0.05) is 5.56 Å². The Morgan fingerprint density at radius 2 is 1.92 bits per heavy atom. The van der Waals surface area contributed by atoms with Gasteiger partial charge in [-0.25, -0.2) is 4.68 Å². The number of hydrogen-bond acceptors (Lipinski definition) is 8. The summed E-state index contributed by atoms with van der Waals surface area (Å²) in [6.07, 6.45) is 1.59. The number of nitrogens with two attached hydrogens (primary N) is 1. The predicted octanol–water partition coefficient (Wildman–Crippen LogP) is 2.90. The van der Waals surface area contributed by atoms with Gasteiger partial charge in [0.2, 0.25) is 16.9 Å². The molecule has 9 heteroatoms. The van der Waals surface area contributed by atoms with E-state index in [2.05, 4.69) is 20.4 Å². The molecular weight excluding hydrogens is 340 g/mol. The molecule has 0 aliphatic rings. The minimum absolute atomic E-state index is 0.444. The number of hydrogen-bond donors (Lipinski definition) is 1. The first-order valence-electron chi connectivity index (χ1n) is 7.48. The Balaban J connectivity index is 1.49. The second-order valence-electron chi connectivity index (χ2n) is 5.22. The third-order valence-electron chi connectivity index (χ3n) is 3.58. The van der Waals surface area contributed by atoms with E-state index >= 15 is 0 Å². The lowest BCUT2D eigenvalue weighted by molar-refractivity contribution is 0.528. The Labute approximate surface area is 147 Å². The average Bonchev–Trinajstić information content (AvgIpc) is 3.35. The zero-order chi connectivity index (χ0) is 17.2. The standard InChI is InChI=1S/C16H14N6O2S/c1-10-12(7-8-23-10)14-19-21-16(22(14)17)25-9-13-18-20-15(24-13)11-5-3-2-4-6-11/h2-8H,9,17H2,1H3. The van der Waals surface area contributed by atoms with Crippen LogP contribution in [0.4, 0.5) is 0 Å². The van der Waals surface area contributed by atoms with Crippen LogP contribution in [0.25, 0.3) is 22.8 Å². The topological polar surface area (TPSA) is 109 Å². The minimum atomic E-state index is 0.444. The van der Waals surface area contributed by atoms with Gasteiger partial charge in [0.1, 0.15) is 5.76 Å². The van der Waals surface area contributed by atoms with Gasteiger partial charge < -0.3 is 14.7 Å². The molecule has 8 nitrogen and oxygen atoms in total. The Hall–Kier alpha value is -3.07. The molecule has 4 aromatic rings. The van der Waals surface area contributed by atoms with Crippen molar-refractivity contribution < 1.29 is 8.83 Å². The molecule has 4 rings (SSSR count). The zero-order valence-electron chi connectivity index (χ0n) is 13.3. The van der Waals surface area contributed by atoms with Crippen LogP contribution in [0.1, 0.15) is 11.7 Å². The number of nitrogens with zero attached hydrogens (tertiary/aromatic N) is 5. The molecule has 0 spiro atoms. The van der Waals surface area contributed by atoms with Crippen molar-refractivity contribution in [1.29, 1.82) is 0 Å². The largest absolute Gasteiger partial charge is 0.469 e. The van der Waals surface area contributed by atoms with E-state index in [0.29, 0.717) is 28.5 Å². The molecule has 3 heterocycles. The molecule has 0 unspecified atom stereocenters. The average molecular weight is 354 g/mol. The summed E-state index contributed by atoms with van der Waals surface area (Å²) in [6, 6.07) is 11.4. The summed E-state index contributed by atoms with van der Waals surface area (Å²) in [5.74, 6) is 8.79. The minimum Gasteiger partial charge on any atom is -0.469 e. The molecule has 0 aliphatic carbocycles. The number of furan rings is 1. The van der Waals surface area contributed by atoms with Gasteiger partial charge in [-0.15, -0.1) is 20.4 Å². The van der Waals surface area contributed by atoms with Crippen LogP contribution in [0.5, 0.6) is 0 Å². The van der Waals surface area contributed by atoms with Gasteiger partial charge in [0.05, 0.1) is 17.6 Å². The van der Waals surface area contributed by atoms with E-state index in [9.17, 15) is 0 Å². The van der Waals surface area contributed by atoms with Crippen LogP contribution in [0.3, 0.4) is 0 Å². The van der Waals surface area contributed by atoms with E-state index in [1.807, 2.05) is 37.3 Å². The van der Waals surface area contributed by atoms with Crippen molar-refractivity contribution in [2.24, 2.45) is 0 Å². The molecule has 0 atom stereocenters. The highest BCUT2D eigenvalue weighted by atomic mass is 32.2. The summed E-state index contributed by atoms with van der Waals surface area (Å²) < 4.78 is 12.4. The van der Waals surface area contributed by atoms with Crippen molar-refractivity contribution in [3.8, 4) is 22.8 Å². The van der Waals surface area contributed by atoms with Gasteiger partial charge in [-0.3, -0.25) is 0 Å². The highest BCUT2D eigenvalue weighted by Gasteiger charge is 2.17. The molecular formula is C16H14N6O2S. The van der Waals surface area contributed by atoms with Crippen LogP contribution >= 0.6 is 11.8 Å². The van der Waals surface area contributed by atoms with Gasteiger partial charge in [0.25, 0.3) is 0 Å². The number of aromatic nitrogens is 5. The Morgan fingerprint density at radius 1 is 1.08 bits per heavy atom. The van der Waals surface area contributed by atoms with Gasteiger partial charge >= 0.3 is 0 Å². The molecule has 0 saturated heterocycles. The molecule has 1 aromatic carbocycles. The fourth-order valence-corrected chi connectivity index (χ4v) is 3.01. The van der Waals surface area contributed by atoms with Crippen molar-refractivity contribution in [2.75, 3.05) is 5.84 Å². The molecule has 2 N–H and O–H groups in total. The summed E-state index contributed by atoms with van der Waals surface area (Å²) in [5, 5.41) is 16.9. The first kappa shape index (κ1) is 15.5. The smallest absolute Gasteiger partial charge is 0.247 e. The fraction of sp³-hybridized carbons (Fsp3) is 0.125. The lowest BCUT2D eigenvalue weighted by Crippen LogP contribution is -2.11.